The Labute approximate surface area is 153 Å². The van der Waals surface area contributed by atoms with E-state index in [0.29, 0.717) is 0 Å². The van der Waals surface area contributed by atoms with Gasteiger partial charge in [0.2, 0.25) is 0 Å². The van der Waals surface area contributed by atoms with E-state index in [1.807, 2.05) is 28.6 Å². The first-order valence-electron chi connectivity index (χ1n) is 8.82. The van der Waals surface area contributed by atoms with Gasteiger partial charge in [-0.1, -0.05) is 25.1 Å². The summed E-state index contributed by atoms with van der Waals surface area (Å²) in [4.78, 5) is 2.47. The summed E-state index contributed by atoms with van der Waals surface area (Å²) in [5.41, 5.74) is 0.990. The van der Waals surface area contributed by atoms with Crippen LogP contribution in [0, 0.1) is 0 Å². The second kappa shape index (κ2) is 7.74. The number of tetrazole rings is 1. The lowest BCUT2D eigenvalue weighted by atomic mass is 9.99. The number of aromatic nitrogens is 4. The average molecular weight is 362 g/mol. The summed E-state index contributed by atoms with van der Waals surface area (Å²) in [6.45, 7) is 8.57. The highest BCUT2D eigenvalue weighted by Gasteiger charge is 2.34. The minimum absolute atomic E-state index is 0.00197. The molecule has 2 aromatic rings. The van der Waals surface area contributed by atoms with Crippen LogP contribution in [0.3, 0.4) is 0 Å². The van der Waals surface area contributed by atoms with Crippen molar-refractivity contribution in [1.29, 1.82) is 0 Å². The summed E-state index contributed by atoms with van der Waals surface area (Å²) in [5, 5.41) is 12.8. The molecule has 0 N–H and O–H groups in total. The summed E-state index contributed by atoms with van der Waals surface area (Å²) in [5.74, 6) is 4.03. The molecule has 2 heterocycles. The molecule has 1 saturated heterocycles. The fourth-order valence-corrected chi connectivity index (χ4v) is 4.10. The molecule has 136 valence electrons. The second-order valence-corrected chi connectivity index (χ2v) is 8.13. The van der Waals surface area contributed by atoms with E-state index in [4.69, 9.17) is 4.74 Å². The van der Waals surface area contributed by atoms with Gasteiger partial charge in [-0.2, -0.15) is 11.8 Å². The van der Waals surface area contributed by atoms with E-state index in [1.165, 1.54) is 0 Å². The molecular weight excluding hydrogens is 334 g/mol. The third kappa shape index (κ3) is 3.67. The molecule has 1 atom stereocenters. The standard InChI is InChI=1S/C18H27N5OS/c1-5-18(2,3)23-17(19-20-21-23)16(22-10-12-25-13-11-22)14-8-6-7-9-15(14)24-4/h6-9,16H,5,10-13H2,1-4H3/t16-/m0/s1. The van der Waals surface area contributed by atoms with Crippen molar-refractivity contribution in [3.63, 3.8) is 0 Å². The summed E-state index contributed by atoms with van der Waals surface area (Å²) < 4.78 is 7.65. The molecule has 0 aliphatic carbocycles. The SMILES string of the molecule is CCC(C)(C)n1nnnc1[C@H](c1ccccc1OC)N1CCSCC1. The first kappa shape index (κ1) is 18.2. The fourth-order valence-electron chi connectivity index (χ4n) is 3.17. The van der Waals surface area contributed by atoms with E-state index >= 15 is 0 Å². The Bertz CT molecular complexity index is 696. The van der Waals surface area contributed by atoms with Crippen molar-refractivity contribution in [2.45, 2.75) is 38.8 Å². The highest BCUT2D eigenvalue weighted by Crippen LogP contribution is 2.36. The van der Waals surface area contributed by atoms with Gasteiger partial charge in [-0.25, -0.2) is 4.68 Å². The van der Waals surface area contributed by atoms with E-state index < -0.39 is 0 Å². The van der Waals surface area contributed by atoms with Crippen LogP contribution < -0.4 is 4.74 Å². The Hall–Kier alpha value is -1.60. The molecular formula is C18H27N5OS. The van der Waals surface area contributed by atoms with Crippen molar-refractivity contribution in [2.75, 3.05) is 31.7 Å². The maximum absolute atomic E-state index is 5.66. The molecule has 1 aliphatic rings. The Kier molecular flexibility index (Phi) is 5.64. The third-order valence-electron chi connectivity index (χ3n) is 5.02. The molecule has 1 aromatic heterocycles. The molecule has 0 saturated carbocycles. The Morgan fingerprint density at radius 3 is 2.64 bits per heavy atom. The van der Waals surface area contributed by atoms with Crippen LogP contribution in [0.2, 0.25) is 0 Å². The topological polar surface area (TPSA) is 56.1 Å². The highest BCUT2D eigenvalue weighted by molar-refractivity contribution is 7.99. The third-order valence-corrected chi connectivity index (χ3v) is 5.96. The van der Waals surface area contributed by atoms with Crippen molar-refractivity contribution >= 4 is 11.8 Å². The number of ether oxygens (including phenoxy) is 1. The predicted octanol–water partition coefficient (Wildman–Crippen LogP) is 2.97. The quantitative estimate of drug-likeness (QED) is 0.788. The largest absolute Gasteiger partial charge is 0.496 e. The van der Waals surface area contributed by atoms with Crippen LogP contribution >= 0.6 is 11.8 Å². The first-order chi connectivity index (χ1) is 12.1. The maximum atomic E-state index is 5.66. The van der Waals surface area contributed by atoms with Gasteiger partial charge in [-0.05, 0) is 36.8 Å². The van der Waals surface area contributed by atoms with Gasteiger partial charge in [-0.15, -0.1) is 5.10 Å². The van der Waals surface area contributed by atoms with Gasteiger partial charge in [0.05, 0.1) is 12.6 Å². The van der Waals surface area contributed by atoms with Gasteiger partial charge in [0.15, 0.2) is 5.82 Å². The van der Waals surface area contributed by atoms with Crippen LogP contribution in [0.1, 0.15) is 44.6 Å². The molecule has 0 unspecified atom stereocenters. The highest BCUT2D eigenvalue weighted by atomic mass is 32.2. The summed E-state index contributed by atoms with van der Waals surface area (Å²) in [7, 11) is 1.72. The number of para-hydroxylation sites is 1. The second-order valence-electron chi connectivity index (χ2n) is 6.91. The minimum atomic E-state index is -0.135. The van der Waals surface area contributed by atoms with E-state index in [9.17, 15) is 0 Å². The molecule has 25 heavy (non-hydrogen) atoms. The normalized spacial score (nSPS) is 17.4. The summed E-state index contributed by atoms with van der Waals surface area (Å²) in [6, 6.07) is 8.20. The lowest BCUT2D eigenvalue weighted by Gasteiger charge is -2.36. The van der Waals surface area contributed by atoms with Crippen molar-refractivity contribution in [3.8, 4) is 5.75 Å². The van der Waals surface area contributed by atoms with Gasteiger partial charge in [0.1, 0.15) is 11.8 Å². The van der Waals surface area contributed by atoms with Crippen LogP contribution in [-0.4, -0.2) is 56.8 Å². The molecule has 7 heteroatoms. The van der Waals surface area contributed by atoms with Crippen LogP contribution in [-0.2, 0) is 5.54 Å². The first-order valence-corrected chi connectivity index (χ1v) is 9.97. The van der Waals surface area contributed by atoms with E-state index in [1.54, 1.807) is 7.11 Å². The van der Waals surface area contributed by atoms with E-state index in [-0.39, 0.29) is 11.6 Å². The van der Waals surface area contributed by atoms with Gasteiger partial charge < -0.3 is 4.74 Å². The summed E-state index contributed by atoms with van der Waals surface area (Å²) >= 11 is 2.00. The molecule has 0 bridgehead atoms. The van der Waals surface area contributed by atoms with Crippen LogP contribution in [0.15, 0.2) is 24.3 Å². The summed E-state index contributed by atoms with van der Waals surface area (Å²) in [6.07, 6.45) is 0.958. The predicted molar refractivity (Wildman–Crippen MR) is 101 cm³/mol. The zero-order chi connectivity index (χ0) is 17.9. The number of rotatable bonds is 6. The molecule has 0 radical (unpaired) electrons. The molecule has 6 nitrogen and oxygen atoms in total. The van der Waals surface area contributed by atoms with Crippen molar-refractivity contribution in [3.05, 3.63) is 35.7 Å². The van der Waals surface area contributed by atoms with Crippen molar-refractivity contribution in [1.82, 2.24) is 25.1 Å². The van der Waals surface area contributed by atoms with Crippen LogP contribution in [0.5, 0.6) is 5.75 Å². The van der Waals surface area contributed by atoms with E-state index in [0.717, 1.165) is 48.2 Å². The fraction of sp³-hybridized carbons (Fsp3) is 0.611. The Balaban J connectivity index is 2.11. The zero-order valence-corrected chi connectivity index (χ0v) is 16.3. The number of nitrogens with zero attached hydrogens (tertiary/aromatic N) is 5. The number of methoxy groups -OCH3 is 1. The molecule has 3 rings (SSSR count). The zero-order valence-electron chi connectivity index (χ0n) is 15.5. The molecule has 1 aromatic carbocycles. The Morgan fingerprint density at radius 2 is 1.96 bits per heavy atom. The smallest absolute Gasteiger partial charge is 0.173 e. The van der Waals surface area contributed by atoms with E-state index in [2.05, 4.69) is 53.3 Å². The van der Waals surface area contributed by atoms with Gasteiger partial charge in [0.25, 0.3) is 0 Å². The molecule has 0 amide bonds. The molecule has 1 fully saturated rings. The lowest BCUT2D eigenvalue weighted by molar-refractivity contribution is 0.209. The van der Waals surface area contributed by atoms with Crippen LogP contribution in [0.25, 0.3) is 0 Å². The molecule has 0 spiro atoms. The van der Waals surface area contributed by atoms with Gasteiger partial charge in [0, 0.05) is 30.2 Å². The number of thioether (sulfide) groups is 1. The Morgan fingerprint density at radius 1 is 1.24 bits per heavy atom. The minimum Gasteiger partial charge on any atom is -0.496 e. The molecule has 1 aliphatic heterocycles. The van der Waals surface area contributed by atoms with Gasteiger partial charge in [-0.3, -0.25) is 4.90 Å². The van der Waals surface area contributed by atoms with Crippen molar-refractivity contribution in [2.24, 2.45) is 0 Å². The lowest BCUT2D eigenvalue weighted by Crippen LogP contribution is -2.40. The number of benzene rings is 1. The average Bonchev–Trinajstić information content (AvgIpc) is 3.13. The number of hydrogen-bond donors (Lipinski definition) is 0. The number of hydrogen-bond acceptors (Lipinski definition) is 6. The van der Waals surface area contributed by atoms with Gasteiger partial charge >= 0.3 is 0 Å². The maximum Gasteiger partial charge on any atom is 0.173 e. The van der Waals surface area contributed by atoms with Crippen LogP contribution in [0.4, 0.5) is 0 Å². The monoisotopic (exact) mass is 361 g/mol. The van der Waals surface area contributed by atoms with Crippen molar-refractivity contribution < 1.29 is 4.74 Å².